The maximum Gasteiger partial charge on any atom is 0.416 e. The monoisotopic (exact) mass is 324 g/mol. The lowest BCUT2D eigenvalue weighted by atomic mass is 9.84. The summed E-state index contributed by atoms with van der Waals surface area (Å²) in [6, 6.07) is 4.27. The Kier molecular flexibility index (Phi) is 4.33. The molecule has 0 unspecified atom stereocenters. The zero-order valence-electron chi connectivity index (χ0n) is 12.7. The Morgan fingerprint density at radius 2 is 1.52 bits per heavy atom. The number of hydrogen-bond acceptors (Lipinski definition) is 1. The minimum Gasteiger partial charge on any atom is -0.324 e. The van der Waals surface area contributed by atoms with Gasteiger partial charge in [0.15, 0.2) is 0 Å². The molecule has 1 saturated heterocycles. The molecule has 1 aromatic rings. The molecular weight excluding hydrogens is 305 g/mol. The van der Waals surface area contributed by atoms with Crippen LogP contribution in [0.25, 0.3) is 0 Å². The number of likely N-dealkylation sites (tertiary alicyclic amines) is 1. The molecule has 2 fully saturated rings. The number of nitrogens with zero attached hydrogens (tertiary/aromatic N) is 1. The quantitative estimate of drug-likeness (QED) is 0.739. The molecule has 0 bridgehead atoms. The molecule has 2 amide bonds. The zero-order valence-corrected chi connectivity index (χ0v) is 12.7. The van der Waals surface area contributed by atoms with Crippen LogP contribution in [-0.4, -0.2) is 24.0 Å². The number of piperidine rings is 1. The first-order valence-corrected chi connectivity index (χ1v) is 7.86. The molecule has 0 aromatic heterocycles. The number of carbonyl (C=O) groups excluding carboxylic acids is 1. The maximum absolute atomic E-state index is 12.5. The molecule has 0 atom stereocenters. The van der Waals surface area contributed by atoms with Crippen LogP contribution in [0.1, 0.15) is 37.7 Å². The van der Waals surface area contributed by atoms with E-state index in [1.807, 2.05) is 0 Å². The van der Waals surface area contributed by atoms with Gasteiger partial charge in [0, 0.05) is 18.8 Å². The Balaban J connectivity index is 1.55. The number of hydrogen-bond donors (Lipinski definition) is 1. The number of amides is 2. The van der Waals surface area contributed by atoms with Crippen molar-refractivity contribution in [3.63, 3.8) is 0 Å². The summed E-state index contributed by atoms with van der Waals surface area (Å²) in [4.78, 5) is 13.9. The van der Waals surface area contributed by atoms with Crippen LogP contribution < -0.4 is 5.32 Å². The molecule has 1 aliphatic heterocycles. The van der Waals surface area contributed by atoms with Crippen molar-refractivity contribution >= 4 is 11.7 Å². The highest BCUT2D eigenvalue weighted by atomic mass is 19.4. The van der Waals surface area contributed by atoms with Crippen LogP contribution in [0.2, 0.25) is 0 Å². The fourth-order valence-corrected chi connectivity index (χ4v) is 2.99. The van der Waals surface area contributed by atoms with Crippen molar-refractivity contribution in [1.29, 1.82) is 0 Å². The van der Waals surface area contributed by atoms with Crippen molar-refractivity contribution in [3.8, 4) is 0 Å². The maximum atomic E-state index is 12.5. The molecule has 124 valence electrons. The minimum absolute atomic E-state index is 0.248. The van der Waals surface area contributed by atoms with Gasteiger partial charge in [0.25, 0.3) is 0 Å². The van der Waals surface area contributed by atoms with Crippen molar-refractivity contribution in [2.75, 3.05) is 18.4 Å². The number of benzene rings is 1. The second kappa shape index (κ2) is 6.26. The normalized spacial score (nSPS) is 18.7. The van der Waals surface area contributed by atoms with Crippen molar-refractivity contribution in [3.05, 3.63) is 41.0 Å². The first-order chi connectivity index (χ1) is 10.9. The Labute approximate surface area is 133 Å². The predicted octanol–water partition coefficient (Wildman–Crippen LogP) is 4.81. The van der Waals surface area contributed by atoms with Gasteiger partial charge in [-0.3, -0.25) is 0 Å². The van der Waals surface area contributed by atoms with Crippen LogP contribution in [0.3, 0.4) is 0 Å². The molecule has 1 saturated carbocycles. The molecule has 1 aromatic carbocycles. The molecule has 2 aliphatic rings. The Morgan fingerprint density at radius 1 is 0.957 bits per heavy atom. The van der Waals surface area contributed by atoms with Gasteiger partial charge in [-0.15, -0.1) is 0 Å². The number of allylic oxidation sites excluding steroid dienone is 1. The third kappa shape index (κ3) is 3.68. The second-order valence-electron chi connectivity index (χ2n) is 6.05. The summed E-state index contributed by atoms with van der Waals surface area (Å²) < 4.78 is 37.5. The Bertz CT molecular complexity index is 604. The first-order valence-electron chi connectivity index (χ1n) is 7.86. The predicted molar refractivity (Wildman–Crippen MR) is 82.1 cm³/mol. The summed E-state index contributed by atoms with van der Waals surface area (Å²) in [6.07, 6.45) is 1.14. The van der Waals surface area contributed by atoms with Gasteiger partial charge in [-0.2, -0.15) is 13.2 Å². The molecule has 3 nitrogen and oxygen atoms in total. The highest BCUT2D eigenvalue weighted by molar-refractivity contribution is 5.89. The molecule has 0 spiro atoms. The molecule has 1 aliphatic carbocycles. The van der Waals surface area contributed by atoms with Crippen LogP contribution in [-0.2, 0) is 6.18 Å². The van der Waals surface area contributed by atoms with E-state index in [1.54, 1.807) is 10.5 Å². The molecule has 23 heavy (non-hydrogen) atoms. The van der Waals surface area contributed by atoms with Gasteiger partial charge in [0.1, 0.15) is 0 Å². The average Bonchev–Trinajstić information content (AvgIpc) is 2.46. The van der Waals surface area contributed by atoms with Crippen molar-refractivity contribution in [2.45, 2.75) is 38.3 Å². The number of urea groups is 1. The molecule has 0 radical (unpaired) electrons. The van der Waals surface area contributed by atoms with Crippen molar-refractivity contribution in [1.82, 2.24) is 4.90 Å². The molecule has 3 rings (SSSR count). The fraction of sp³-hybridized carbons (Fsp3) is 0.471. The lowest BCUT2D eigenvalue weighted by molar-refractivity contribution is -0.137. The van der Waals surface area contributed by atoms with E-state index in [0.717, 1.165) is 25.0 Å². The number of halogens is 3. The lowest BCUT2D eigenvalue weighted by Gasteiger charge is -2.32. The van der Waals surface area contributed by atoms with Gasteiger partial charge in [0.2, 0.25) is 0 Å². The summed E-state index contributed by atoms with van der Waals surface area (Å²) >= 11 is 0. The van der Waals surface area contributed by atoms with E-state index in [1.165, 1.54) is 37.0 Å². The van der Waals surface area contributed by atoms with Gasteiger partial charge in [-0.25, -0.2) is 4.79 Å². The van der Waals surface area contributed by atoms with Gasteiger partial charge >= 0.3 is 12.2 Å². The van der Waals surface area contributed by atoms with Gasteiger partial charge in [0.05, 0.1) is 5.56 Å². The van der Waals surface area contributed by atoms with E-state index in [4.69, 9.17) is 0 Å². The fourth-order valence-electron chi connectivity index (χ4n) is 2.99. The Morgan fingerprint density at radius 3 is 2.00 bits per heavy atom. The second-order valence-corrected chi connectivity index (χ2v) is 6.05. The third-order valence-corrected chi connectivity index (χ3v) is 4.57. The summed E-state index contributed by atoms with van der Waals surface area (Å²) in [5.41, 5.74) is 2.72. The highest BCUT2D eigenvalue weighted by Gasteiger charge is 2.30. The van der Waals surface area contributed by atoms with Crippen LogP contribution in [0.4, 0.5) is 23.7 Å². The van der Waals surface area contributed by atoms with E-state index in [0.29, 0.717) is 18.8 Å². The van der Waals surface area contributed by atoms with Gasteiger partial charge < -0.3 is 10.2 Å². The zero-order chi connectivity index (χ0) is 16.4. The molecule has 6 heteroatoms. The largest absolute Gasteiger partial charge is 0.416 e. The topological polar surface area (TPSA) is 32.3 Å². The number of anilines is 1. The van der Waals surface area contributed by atoms with E-state index < -0.39 is 11.7 Å². The summed E-state index contributed by atoms with van der Waals surface area (Å²) in [5, 5.41) is 2.67. The van der Waals surface area contributed by atoms with Gasteiger partial charge in [-0.1, -0.05) is 11.1 Å². The van der Waals surface area contributed by atoms with Crippen LogP contribution >= 0.6 is 0 Å². The summed E-state index contributed by atoms with van der Waals surface area (Å²) in [6.45, 7) is 1.34. The average molecular weight is 324 g/mol. The highest BCUT2D eigenvalue weighted by Crippen LogP contribution is 2.33. The van der Waals surface area contributed by atoms with E-state index >= 15 is 0 Å². The van der Waals surface area contributed by atoms with E-state index in [2.05, 4.69) is 5.32 Å². The third-order valence-electron chi connectivity index (χ3n) is 4.57. The lowest BCUT2D eigenvalue weighted by Crippen LogP contribution is -2.39. The summed E-state index contributed by atoms with van der Waals surface area (Å²) in [7, 11) is 0. The SMILES string of the molecule is O=C(Nc1ccc(C(F)(F)F)cc1)N1CCC(=C2CCC2)CC1. The van der Waals surface area contributed by atoms with Crippen molar-refractivity contribution in [2.24, 2.45) is 0 Å². The van der Waals surface area contributed by atoms with Crippen molar-refractivity contribution < 1.29 is 18.0 Å². The number of nitrogens with one attached hydrogen (secondary N) is 1. The van der Waals surface area contributed by atoms with Crippen LogP contribution in [0.15, 0.2) is 35.4 Å². The number of carbonyl (C=O) groups is 1. The first kappa shape index (κ1) is 15.9. The van der Waals surface area contributed by atoms with Gasteiger partial charge in [-0.05, 0) is 56.4 Å². The van der Waals surface area contributed by atoms with E-state index in [9.17, 15) is 18.0 Å². The molecule has 1 N–H and O–H groups in total. The summed E-state index contributed by atoms with van der Waals surface area (Å²) in [5.74, 6) is 0. The van der Waals surface area contributed by atoms with E-state index in [-0.39, 0.29) is 6.03 Å². The number of rotatable bonds is 1. The standard InChI is InChI=1S/C17H19F3N2O/c18-17(19,20)14-4-6-15(7-5-14)21-16(23)22-10-8-13(9-11-22)12-2-1-3-12/h4-7H,1-3,8-11H2,(H,21,23). The smallest absolute Gasteiger partial charge is 0.324 e. The molecule has 1 heterocycles. The Hall–Kier alpha value is -1.98. The molecular formula is C17H19F3N2O. The van der Waals surface area contributed by atoms with Crippen LogP contribution in [0.5, 0.6) is 0 Å². The minimum atomic E-state index is -4.36. The number of alkyl halides is 3. The van der Waals surface area contributed by atoms with Crippen LogP contribution in [0, 0.1) is 0 Å².